The molecule has 1 saturated carbocycles. The Morgan fingerprint density at radius 3 is 2.59 bits per heavy atom. The van der Waals surface area contributed by atoms with E-state index in [1.165, 1.54) is 34.6 Å². The predicted molar refractivity (Wildman–Crippen MR) is 146 cm³/mol. The van der Waals surface area contributed by atoms with Gasteiger partial charge in [-0.3, -0.25) is 24.2 Å². The van der Waals surface area contributed by atoms with E-state index in [1.54, 1.807) is 17.4 Å². The number of nitrogens with zero attached hydrogens (tertiary/aromatic N) is 3. The molecule has 13 heteroatoms. The van der Waals surface area contributed by atoms with Crippen LogP contribution in [0.5, 0.6) is 0 Å². The Bertz CT molecular complexity index is 1550. The number of ketones is 1. The first-order chi connectivity index (χ1) is 18.7. The molecule has 1 N–H and O–H groups in total. The van der Waals surface area contributed by atoms with Gasteiger partial charge in [-0.1, -0.05) is 25.3 Å². The number of Topliss-reactive ketones (excluding diaryl/α,β-unsaturated/α-hetero) is 1. The summed E-state index contributed by atoms with van der Waals surface area (Å²) in [6.07, 6.45) is 4.88. The number of hydrogen-bond donors (Lipinski definition) is 1. The second-order valence-electron chi connectivity index (χ2n) is 10.2. The number of aromatic nitrogens is 1. The summed E-state index contributed by atoms with van der Waals surface area (Å²) in [6, 6.07) is 6.35. The van der Waals surface area contributed by atoms with E-state index in [-0.39, 0.29) is 30.5 Å². The molecule has 0 spiro atoms. The molecule has 2 aliphatic heterocycles. The maximum Gasteiger partial charge on any atom is 0.310 e. The van der Waals surface area contributed by atoms with Crippen molar-refractivity contribution in [2.24, 2.45) is 0 Å². The Morgan fingerprint density at radius 2 is 1.87 bits per heavy atom. The van der Waals surface area contributed by atoms with Crippen LogP contribution in [0.3, 0.4) is 0 Å². The number of likely N-dealkylation sites (tertiary alicyclic amines) is 1. The minimum absolute atomic E-state index is 0.163. The summed E-state index contributed by atoms with van der Waals surface area (Å²) < 4.78 is 29.4. The molecule has 39 heavy (non-hydrogen) atoms. The topological polar surface area (TPSA) is 134 Å². The lowest BCUT2D eigenvalue weighted by molar-refractivity contribution is -0.143. The highest BCUT2D eigenvalue weighted by atomic mass is 32.2. The molecule has 2 amide bonds. The van der Waals surface area contributed by atoms with E-state index in [2.05, 4.69) is 10.3 Å². The molecule has 1 aliphatic carbocycles. The van der Waals surface area contributed by atoms with E-state index in [0.717, 1.165) is 33.0 Å². The van der Waals surface area contributed by atoms with Crippen molar-refractivity contribution in [2.75, 3.05) is 13.1 Å². The molecule has 2 atom stereocenters. The molecular formula is C26H26N4O6S3. The van der Waals surface area contributed by atoms with Crippen LogP contribution in [0, 0.1) is 0 Å². The summed E-state index contributed by atoms with van der Waals surface area (Å²) in [5, 5.41) is 3.82. The minimum atomic E-state index is -4.52. The third-order valence-electron chi connectivity index (χ3n) is 7.89. The maximum atomic E-state index is 14.1. The quantitative estimate of drug-likeness (QED) is 0.486. The molecule has 6 rings (SSSR count). The SMILES string of the molecule is O=C(NC1(C(=O)N2CCC3C2C(=O)CN3S(=O)(=O)C(=O)c2ccccn2)CCCCC1)c1cc2sccc2s1. The van der Waals surface area contributed by atoms with Crippen molar-refractivity contribution in [1.29, 1.82) is 0 Å². The molecule has 3 aliphatic rings. The fourth-order valence-corrected chi connectivity index (χ4v) is 9.50. The van der Waals surface area contributed by atoms with E-state index < -0.39 is 45.1 Å². The summed E-state index contributed by atoms with van der Waals surface area (Å²) in [5.41, 5.74) is -1.39. The second-order valence-corrected chi connectivity index (χ2v) is 14.0. The number of rotatable bonds is 5. The van der Waals surface area contributed by atoms with E-state index in [0.29, 0.717) is 17.7 Å². The van der Waals surface area contributed by atoms with Crippen LogP contribution in [0.15, 0.2) is 41.9 Å². The van der Waals surface area contributed by atoms with Crippen LogP contribution in [0.2, 0.25) is 0 Å². The monoisotopic (exact) mass is 586 g/mol. The molecule has 0 radical (unpaired) electrons. The van der Waals surface area contributed by atoms with E-state index >= 15 is 0 Å². The largest absolute Gasteiger partial charge is 0.337 e. The van der Waals surface area contributed by atoms with E-state index in [9.17, 15) is 27.6 Å². The van der Waals surface area contributed by atoms with E-state index in [1.807, 2.05) is 17.5 Å². The van der Waals surface area contributed by atoms with Gasteiger partial charge in [0.2, 0.25) is 5.91 Å². The number of thiophene rings is 2. The van der Waals surface area contributed by atoms with E-state index in [4.69, 9.17) is 0 Å². The molecule has 204 valence electrons. The number of carbonyl (C=O) groups is 4. The van der Waals surface area contributed by atoms with Crippen molar-refractivity contribution >= 4 is 64.8 Å². The number of sulfonamides is 1. The van der Waals surface area contributed by atoms with Crippen LogP contribution in [0.25, 0.3) is 9.40 Å². The molecule has 2 saturated heterocycles. The number of pyridine rings is 1. The van der Waals surface area contributed by atoms with Gasteiger partial charge in [0.1, 0.15) is 17.3 Å². The molecule has 3 fully saturated rings. The zero-order valence-electron chi connectivity index (χ0n) is 20.9. The standard InChI is InChI=1S/C26H26N4O6S3/c31-18-15-30(39(35,36)24(33)16-6-2-5-11-27-16)17-7-12-29(22(17)18)25(34)26(9-3-1-4-10-26)28-23(32)21-14-20-19(38-21)8-13-37-20/h2,5-6,8,11,13-14,17,22H,1,3-4,7,9-10,12,15H2,(H,28,32). The van der Waals surface area contributed by atoms with Crippen LogP contribution in [0.4, 0.5) is 0 Å². The zero-order valence-corrected chi connectivity index (χ0v) is 23.3. The third kappa shape index (κ3) is 4.41. The van der Waals surface area contributed by atoms with Crippen LogP contribution < -0.4 is 5.32 Å². The smallest absolute Gasteiger partial charge is 0.310 e. The number of hydrogen-bond acceptors (Lipinski definition) is 9. The number of amides is 2. The number of nitrogens with one attached hydrogen (secondary N) is 1. The lowest BCUT2D eigenvalue weighted by Crippen LogP contribution is -2.62. The second kappa shape index (κ2) is 9.88. The highest BCUT2D eigenvalue weighted by Crippen LogP contribution is 2.38. The Balaban J connectivity index is 1.25. The van der Waals surface area contributed by atoms with Gasteiger partial charge in [-0.05, 0) is 48.9 Å². The minimum Gasteiger partial charge on any atom is -0.337 e. The van der Waals surface area contributed by atoms with Crippen molar-refractivity contribution in [1.82, 2.24) is 19.5 Å². The van der Waals surface area contributed by atoms with Crippen LogP contribution in [0.1, 0.15) is 58.7 Å². The van der Waals surface area contributed by atoms with Crippen molar-refractivity contribution in [3.05, 3.63) is 52.5 Å². The summed E-state index contributed by atoms with van der Waals surface area (Å²) in [6.45, 7) is -0.318. The fraction of sp³-hybridized carbons (Fsp3) is 0.423. The summed E-state index contributed by atoms with van der Waals surface area (Å²) >= 11 is 2.92. The third-order valence-corrected chi connectivity index (χ3v) is 11.7. The number of carbonyl (C=O) groups excluding carboxylic acids is 4. The molecule has 3 aromatic heterocycles. The van der Waals surface area contributed by atoms with Gasteiger partial charge in [-0.25, -0.2) is 8.42 Å². The van der Waals surface area contributed by atoms with Crippen LogP contribution >= 0.6 is 22.7 Å². The van der Waals surface area contributed by atoms with Gasteiger partial charge < -0.3 is 10.2 Å². The molecule has 0 aromatic carbocycles. The normalized spacial score (nSPS) is 23.2. The van der Waals surface area contributed by atoms with Gasteiger partial charge in [0, 0.05) is 22.1 Å². The van der Waals surface area contributed by atoms with Gasteiger partial charge in [0.05, 0.1) is 17.5 Å². The number of fused-ring (bicyclic) bond motifs is 2. The van der Waals surface area contributed by atoms with Crippen molar-refractivity contribution in [3.63, 3.8) is 0 Å². The fourth-order valence-electron chi connectivity index (χ4n) is 6.02. The Kier molecular flexibility index (Phi) is 6.64. The predicted octanol–water partition coefficient (Wildman–Crippen LogP) is 2.81. The Labute approximate surface area is 233 Å². The van der Waals surface area contributed by atoms with Crippen LogP contribution in [-0.4, -0.2) is 76.0 Å². The van der Waals surface area contributed by atoms with Crippen molar-refractivity contribution in [2.45, 2.75) is 56.1 Å². The first-order valence-corrected chi connectivity index (χ1v) is 16.0. The van der Waals surface area contributed by atoms with Gasteiger partial charge in [-0.2, -0.15) is 4.31 Å². The maximum absolute atomic E-state index is 14.1. The summed E-state index contributed by atoms with van der Waals surface area (Å²) in [5.74, 6) is -1.11. The summed E-state index contributed by atoms with van der Waals surface area (Å²) in [7, 11) is -4.52. The summed E-state index contributed by atoms with van der Waals surface area (Å²) in [4.78, 5) is 59.3. The zero-order chi connectivity index (χ0) is 27.4. The molecule has 0 bridgehead atoms. The highest BCUT2D eigenvalue weighted by molar-refractivity contribution is 8.04. The average molecular weight is 587 g/mol. The Morgan fingerprint density at radius 1 is 1.08 bits per heavy atom. The molecule has 3 aromatic rings. The Hall–Kier alpha value is -3.00. The van der Waals surface area contributed by atoms with Crippen LogP contribution in [-0.2, 0) is 19.6 Å². The molecule has 5 heterocycles. The van der Waals surface area contributed by atoms with Gasteiger partial charge >= 0.3 is 5.12 Å². The molecule has 10 nitrogen and oxygen atoms in total. The van der Waals surface area contributed by atoms with Gasteiger partial charge in [-0.15, -0.1) is 22.7 Å². The van der Waals surface area contributed by atoms with Gasteiger partial charge in [0.15, 0.2) is 5.78 Å². The lowest BCUT2D eigenvalue weighted by atomic mass is 9.80. The first kappa shape index (κ1) is 26.2. The highest BCUT2D eigenvalue weighted by Gasteiger charge is 2.57. The molecule has 2 unspecified atom stereocenters. The average Bonchev–Trinajstić information content (AvgIpc) is 3.71. The van der Waals surface area contributed by atoms with Gasteiger partial charge in [0.25, 0.3) is 15.9 Å². The van der Waals surface area contributed by atoms with Crippen molar-refractivity contribution < 1.29 is 27.6 Å². The lowest BCUT2D eigenvalue weighted by Gasteiger charge is -2.40. The molecular weight excluding hydrogens is 561 g/mol. The first-order valence-electron chi connectivity index (χ1n) is 12.8. The van der Waals surface area contributed by atoms with Crippen molar-refractivity contribution in [3.8, 4) is 0 Å².